The fraction of sp³-hybridized carbons (Fsp3) is 0.478. The van der Waals surface area contributed by atoms with Gasteiger partial charge in [0.1, 0.15) is 6.61 Å². The highest BCUT2D eigenvalue weighted by atomic mass is 28.3. The lowest BCUT2D eigenvalue weighted by Crippen LogP contribution is -2.45. The molecule has 1 aliphatic heterocycles. The van der Waals surface area contributed by atoms with E-state index in [1.54, 1.807) is 6.92 Å². The molecule has 0 unspecified atom stereocenters. The zero-order chi connectivity index (χ0) is 21.1. The molecule has 3 rings (SSSR count). The molecule has 0 saturated carbocycles. The van der Waals surface area contributed by atoms with Gasteiger partial charge in [-0.15, -0.1) is 0 Å². The second kappa shape index (κ2) is 8.77. The van der Waals surface area contributed by atoms with E-state index in [-0.39, 0.29) is 12.4 Å². The number of hydrogen-bond donors (Lipinski definition) is 0. The third kappa shape index (κ3) is 4.02. The van der Waals surface area contributed by atoms with Gasteiger partial charge < -0.3 is 14.2 Å². The number of Topliss-reactive ketones (excluding diaryl/α,β-unsaturated/α-hetero) is 2. The van der Waals surface area contributed by atoms with Gasteiger partial charge in [0.2, 0.25) is 5.78 Å². The zero-order valence-electron chi connectivity index (χ0n) is 17.7. The number of rotatable bonds is 8. The highest BCUT2D eigenvalue weighted by Gasteiger charge is 2.47. The van der Waals surface area contributed by atoms with Crippen molar-refractivity contribution in [3.63, 3.8) is 0 Å². The normalized spacial score (nSPS) is 19.5. The summed E-state index contributed by atoms with van der Waals surface area (Å²) in [5, 5.41) is 0.678. The number of carbonyl (C=O) groups is 2. The van der Waals surface area contributed by atoms with Crippen LogP contribution < -0.4 is 0 Å². The molecular weight excluding hydrogens is 384 g/mol. The maximum absolute atomic E-state index is 13.2. The molecule has 1 aromatic rings. The minimum atomic E-state index is -2.07. The molecule has 0 bridgehead atoms. The van der Waals surface area contributed by atoms with Crippen molar-refractivity contribution in [3.8, 4) is 0 Å². The Morgan fingerprint density at radius 1 is 0.966 bits per heavy atom. The van der Waals surface area contributed by atoms with Crippen molar-refractivity contribution < 1.29 is 23.8 Å². The number of hydrogen-bond acceptors (Lipinski definition) is 5. The standard InChI is InChI=1S/C23H30O5Si/c1-5-29(6-2,7-3)19-15-18(23(4)27-13-14-28-23)22(21(25)20(19)24)26-16-17-11-9-8-10-12-17/h8-12,15H,5-7,13-14,16H2,1-4H3. The first-order chi connectivity index (χ1) is 13.9. The summed E-state index contributed by atoms with van der Waals surface area (Å²) in [5.41, 5.74) is 1.46. The van der Waals surface area contributed by atoms with Crippen molar-refractivity contribution in [1.82, 2.24) is 0 Å². The Hall–Kier alpha value is -2.02. The summed E-state index contributed by atoms with van der Waals surface area (Å²) in [5.74, 6) is -2.03. The second-order valence-electron chi connectivity index (χ2n) is 7.72. The smallest absolute Gasteiger partial charge is 0.267 e. The van der Waals surface area contributed by atoms with Gasteiger partial charge in [-0.05, 0) is 23.8 Å². The molecular formula is C23H30O5Si. The molecule has 1 aromatic carbocycles. The van der Waals surface area contributed by atoms with Crippen LogP contribution in [-0.4, -0.2) is 38.6 Å². The van der Waals surface area contributed by atoms with Gasteiger partial charge in [-0.3, -0.25) is 9.59 Å². The SMILES string of the molecule is CC[Si](CC)(CC)C1=CC(C2(C)OCCO2)=C(OCc2ccccc2)C(=O)C1=O. The number of benzene rings is 1. The lowest BCUT2D eigenvalue weighted by atomic mass is 9.96. The van der Waals surface area contributed by atoms with E-state index < -0.39 is 25.4 Å². The number of carbonyl (C=O) groups excluding carboxylic acids is 2. The van der Waals surface area contributed by atoms with Crippen LogP contribution in [0.5, 0.6) is 0 Å². The van der Waals surface area contributed by atoms with Crippen LogP contribution in [0.3, 0.4) is 0 Å². The van der Waals surface area contributed by atoms with E-state index in [2.05, 4.69) is 20.8 Å². The van der Waals surface area contributed by atoms with E-state index in [9.17, 15) is 9.59 Å². The predicted octanol–water partition coefficient (Wildman–Crippen LogP) is 4.35. The summed E-state index contributed by atoms with van der Waals surface area (Å²) in [7, 11) is -2.07. The predicted molar refractivity (Wildman–Crippen MR) is 114 cm³/mol. The van der Waals surface area contributed by atoms with Gasteiger partial charge in [-0.25, -0.2) is 0 Å². The Labute approximate surface area is 173 Å². The van der Waals surface area contributed by atoms with E-state index in [0.29, 0.717) is 24.0 Å². The van der Waals surface area contributed by atoms with Crippen LogP contribution >= 0.6 is 0 Å². The average Bonchev–Trinajstić information content (AvgIpc) is 3.20. The molecule has 2 aliphatic rings. The average molecular weight is 415 g/mol. The molecule has 1 saturated heterocycles. The lowest BCUT2D eigenvalue weighted by Gasteiger charge is -2.35. The molecule has 5 nitrogen and oxygen atoms in total. The molecule has 1 heterocycles. The Kier molecular flexibility index (Phi) is 6.56. The Balaban J connectivity index is 2.09. The molecule has 0 spiro atoms. The zero-order valence-corrected chi connectivity index (χ0v) is 18.7. The second-order valence-corrected chi connectivity index (χ2v) is 12.9. The van der Waals surface area contributed by atoms with Crippen LogP contribution in [-0.2, 0) is 30.4 Å². The Morgan fingerprint density at radius 3 is 2.10 bits per heavy atom. The summed E-state index contributed by atoms with van der Waals surface area (Å²) in [6.07, 6.45) is 1.86. The third-order valence-electron chi connectivity index (χ3n) is 6.35. The van der Waals surface area contributed by atoms with Crippen molar-refractivity contribution in [3.05, 3.63) is 58.5 Å². The van der Waals surface area contributed by atoms with Gasteiger partial charge in [0.15, 0.2) is 11.5 Å². The lowest BCUT2D eigenvalue weighted by molar-refractivity contribution is -0.136. The molecule has 0 amide bonds. The van der Waals surface area contributed by atoms with Crippen molar-refractivity contribution in [2.75, 3.05) is 13.2 Å². The van der Waals surface area contributed by atoms with E-state index >= 15 is 0 Å². The summed E-state index contributed by atoms with van der Waals surface area (Å²) in [6, 6.07) is 12.3. The minimum absolute atomic E-state index is 0.0539. The van der Waals surface area contributed by atoms with E-state index in [1.807, 2.05) is 36.4 Å². The van der Waals surface area contributed by atoms with Gasteiger partial charge in [0.05, 0.1) is 26.9 Å². The fourth-order valence-electron chi connectivity index (χ4n) is 4.22. The van der Waals surface area contributed by atoms with Gasteiger partial charge in [0, 0.05) is 0 Å². The molecule has 1 aliphatic carbocycles. The van der Waals surface area contributed by atoms with Crippen LogP contribution in [0.1, 0.15) is 33.3 Å². The number of ether oxygens (including phenoxy) is 3. The summed E-state index contributed by atoms with van der Waals surface area (Å²) < 4.78 is 17.6. The molecule has 29 heavy (non-hydrogen) atoms. The summed E-state index contributed by atoms with van der Waals surface area (Å²) >= 11 is 0. The van der Waals surface area contributed by atoms with Gasteiger partial charge in [0.25, 0.3) is 5.78 Å². The maximum Gasteiger partial charge on any atom is 0.267 e. The monoisotopic (exact) mass is 414 g/mol. The quantitative estimate of drug-likeness (QED) is 0.360. The summed E-state index contributed by atoms with van der Waals surface area (Å²) in [4.78, 5) is 26.4. The first-order valence-electron chi connectivity index (χ1n) is 10.4. The first-order valence-corrected chi connectivity index (χ1v) is 13.0. The van der Waals surface area contributed by atoms with E-state index in [0.717, 1.165) is 23.7 Å². The highest BCUT2D eigenvalue weighted by Crippen LogP contribution is 2.39. The topological polar surface area (TPSA) is 61.8 Å². The van der Waals surface area contributed by atoms with Crippen molar-refractivity contribution in [2.45, 2.75) is 58.2 Å². The van der Waals surface area contributed by atoms with Crippen LogP contribution in [0.15, 0.2) is 52.9 Å². The number of ketones is 2. The highest BCUT2D eigenvalue weighted by molar-refractivity contribution is 6.93. The number of allylic oxidation sites excluding steroid dienone is 2. The molecule has 1 fully saturated rings. The van der Waals surface area contributed by atoms with Gasteiger partial charge in [-0.2, -0.15) is 0 Å². The van der Waals surface area contributed by atoms with Crippen molar-refractivity contribution in [2.24, 2.45) is 0 Å². The Bertz CT molecular complexity index is 822. The largest absolute Gasteiger partial charge is 0.484 e. The van der Waals surface area contributed by atoms with E-state index in [1.165, 1.54) is 0 Å². The van der Waals surface area contributed by atoms with Crippen LogP contribution in [0.4, 0.5) is 0 Å². The molecule has 156 valence electrons. The van der Waals surface area contributed by atoms with Crippen LogP contribution in [0, 0.1) is 0 Å². The first kappa shape index (κ1) is 21.7. The molecule has 0 atom stereocenters. The Morgan fingerprint density at radius 2 is 1.55 bits per heavy atom. The van der Waals surface area contributed by atoms with Crippen LogP contribution in [0.25, 0.3) is 0 Å². The minimum Gasteiger partial charge on any atom is -0.484 e. The third-order valence-corrected chi connectivity index (χ3v) is 11.9. The molecule has 0 aromatic heterocycles. The van der Waals surface area contributed by atoms with Gasteiger partial charge >= 0.3 is 0 Å². The maximum atomic E-state index is 13.2. The van der Waals surface area contributed by atoms with E-state index in [4.69, 9.17) is 14.2 Å². The van der Waals surface area contributed by atoms with Crippen molar-refractivity contribution in [1.29, 1.82) is 0 Å². The van der Waals surface area contributed by atoms with Gasteiger partial charge in [-0.1, -0.05) is 69.2 Å². The molecule has 0 radical (unpaired) electrons. The van der Waals surface area contributed by atoms with Crippen molar-refractivity contribution >= 4 is 19.6 Å². The molecule has 0 N–H and O–H groups in total. The fourth-order valence-corrected chi connectivity index (χ4v) is 7.91. The summed E-state index contributed by atoms with van der Waals surface area (Å²) in [6.45, 7) is 9.23. The van der Waals surface area contributed by atoms with Crippen LogP contribution in [0.2, 0.25) is 18.1 Å². The molecule has 6 heteroatoms.